The molecule has 2 aromatic rings. The molecule has 3 rings (SSSR count). The molecule has 2 aromatic carbocycles. The zero-order valence-corrected chi connectivity index (χ0v) is 14.2. The van der Waals surface area contributed by atoms with Crippen LogP contribution in [0.4, 0.5) is 10.5 Å². The topological polar surface area (TPSA) is 46.6 Å². The Bertz CT molecular complexity index is 804. The highest BCUT2D eigenvalue weighted by Gasteiger charge is 2.45. The van der Waals surface area contributed by atoms with Gasteiger partial charge in [-0.3, -0.25) is 4.79 Å². The van der Waals surface area contributed by atoms with E-state index in [1.807, 2.05) is 0 Å². The monoisotopic (exact) mass is 389 g/mol. The molecule has 2 amide bonds. The van der Waals surface area contributed by atoms with E-state index in [-0.39, 0.29) is 26.3 Å². The van der Waals surface area contributed by atoms with Crippen LogP contribution in [0.3, 0.4) is 0 Å². The number of amides is 2. The molecule has 1 saturated heterocycles. The first-order valence-electron chi connectivity index (χ1n) is 6.33. The molecule has 1 atom stereocenters. The maximum Gasteiger partial charge on any atom is 0.422 e. The van der Waals surface area contributed by atoms with Crippen LogP contribution >= 0.6 is 46.4 Å². The van der Waals surface area contributed by atoms with Gasteiger partial charge < -0.3 is 4.74 Å². The van der Waals surface area contributed by atoms with Crippen molar-refractivity contribution in [3.63, 3.8) is 0 Å². The third kappa shape index (κ3) is 2.88. The maximum atomic E-state index is 12.6. The lowest BCUT2D eigenvalue weighted by molar-refractivity contribution is -0.122. The van der Waals surface area contributed by atoms with Gasteiger partial charge in [-0.2, -0.15) is 0 Å². The number of carbonyl (C=O) groups excluding carboxylic acids is 2. The van der Waals surface area contributed by atoms with Crippen molar-refractivity contribution in [1.82, 2.24) is 0 Å². The van der Waals surface area contributed by atoms with Crippen LogP contribution in [-0.2, 0) is 9.53 Å². The van der Waals surface area contributed by atoms with E-state index in [9.17, 15) is 9.59 Å². The molecule has 118 valence electrons. The Morgan fingerprint density at radius 3 is 2.22 bits per heavy atom. The summed E-state index contributed by atoms with van der Waals surface area (Å²) in [6, 6.07) is 9.16. The van der Waals surface area contributed by atoms with Gasteiger partial charge in [0.1, 0.15) is 0 Å². The quantitative estimate of drug-likeness (QED) is 0.677. The van der Waals surface area contributed by atoms with Crippen molar-refractivity contribution in [1.29, 1.82) is 0 Å². The van der Waals surface area contributed by atoms with Crippen molar-refractivity contribution in [3.05, 3.63) is 62.1 Å². The molecule has 0 radical (unpaired) electrons. The normalized spacial score (nSPS) is 17.6. The van der Waals surface area contributed by atoms with Crippen molar-refractivity contribution in [2.24, 2.45) is 0 Å². The summed E-state index contributed by atoms with van der Waals surface area (Å²) in [6.45, 7) is 0. The molecule has 0 N–H and O–H groups in total. The van der Waals surface area contributed by atoms with Crippen LogP contribution in [0.1, 0.15) is 11.7 Å². The Labute approximate surface area is 151 Å². The Morgan fingerprint density at radius 2 is 1.57 bits per heavy atom. The maximum absolute atomic E-state index is 12.6. The molecule has 1 heterocycles. The first-order valence-corrected chi connectivity index (χ1v) is 7.85. The molecule has 0 spiro atoms. The number of nitrogens with zero attached hydrogens (tertiary/aromatic N) is 1. The first kappa shape index (κ1) is 16.4. The van der Waals surface area contributed by atoms with E-state index in [1.54, 1.807) is 24.3 Å². The highest BCUT2D eigenvalue weighted by molar-refractivity contribution is 6.38. The standard InChI is InChI=1S/C15H7Cl4NO3/c16-7-4-5-8(17)11(6-7)20-14(21)13(23-15(20)22)12-9(18)2-1-3-10(12)19/h1-6,13H. The van der Waals surface area contributed by atoms with Crippen LogP contribution in [0.2, 0.25) is 20.1 Å². The minimum absolute atomic E-state index is 0.139. The predicted octanol–water partition coefficient (Wildman–Crippen LogP) is 5.52. The van der Waals surface area contributed by atoms with Crippen molar-refractivity contribution >= 4 is 64.1 Å². The molecule has 4 nitrogen and oxygen atoms in total. The summed E-state index contributed by atoms with van der Waals surface area (Å²) in [5.41, 5.74) is 0.370. The number of anilines is 1. The molecule has 1 fully saturated rings. The van der Waals surface area contributed by atoms with Gasteiger partial charge in [-0.15, -0.1) is 0 Å². The molecule has 1 aliphatic rings. The molecule has 0 saturated carbocycles. The van der Waals surface area contributed by atoms with E-state index < -0.39 is 18.1 Å². The lowest BCUT2D eigenvalue weighted by Crippen LogP contribution is -2.29. The Balaban J connectivity index is 2.06. The molecule has 0 bridgehead atoms. The average molecular weight is 391 g/mol. The number of cyclic esters (lactones) is 1. The zero-order valence-electron chi connectivity index (χ0n) is 11.2. The second-order valence-corrected chi connectivity index (χ2v) is 6.33. The SMILES string of the molecule is O=C1OC(c2c(Cl)cccc2Cl)C(=O)N1c1cc(Cl)ccc1Cl. The summed E-state index contributed by atoms with van der Waals surface area (Å²) in [5.74, 6) is -0.644. The third-order valence-corrected chi connectivity index (χ3v) is 4.47. The molecule has 0 aromatic heterocycles. The van der Waals surface area contributed by atoms with Crippen molar-refractivity contribution in [3.8, 4) is 0 Å². The molecule has 8 heteroatoms. The van der Waals surface area contributed by atoms with Crippen LogP contribution in [0, 0.1) is 0 Å². The van der Waals surface area contributed by atoms with E-state index in [2.05, 4.69) is 0 Å². The van der Waals surface area contributed by atoms with Gasteiger partial charge in [0.2, 0.25) is 6.10 Å². The summed E-state index contributed by atoms with van der Waals surface area (Å²) < 4.78 is 5.15. The van der Waals surface area contributed by atoms with Crippen LogP contribution in [0.15, 0.2) is 36.4 Å². The fourth-order valence-electron chi connectivity index (χ4n) is 2.23. The third-order valence-electron chi connectivity index (χ3n) is 3.26. The highest BCUT2D eigenvalue weighted by Crippen LogP contribution is 2.40. The van der Waals surface area contributed by atoms with Gasteiger partial charge in [-0.05, 0) is 30.3 Å². The number of ether oxygens (including phenoxy) is 1. The first-order chi connectivity index (χ1) is 10.9. The Morgan fingerprint density at radius 1 is 0.913 bits per heavy atom. The summed E-state index contributed by atoms with van der Waals surface area (Å²) in [4.78, 5) is 25.6. The van der Waals surface area contributed by atoms with Crippen molar-refractivity contribution < 1.29 is 14.3 Å². The molecule has 1 aliphatic heterocycles. The van der Waals surface area contributed by atoms with Crippen LogP contribution in [-0.4, -0.2) is 12.0 Å². The summed E-state index contributed by atoms with van der Waals surface area (Å²) in [5, 5.41) is 0.959. The van der Waals surface area contributed by atoms with E-state index in [0.717, 1.165) is 4.90 Å². The fourth-order valence-corrected chi connectivity index (χ4v) is 3.19. The molecular weight excluding hydrogens is 384 g/mol. The van der Waals surface area contributed by atoms with E-state index in [4.69, 9.17) is 51.1 Å². The number of benzene rings is 2. The largest absolute Gasteiger partial charge is 0.430 e. The van der Waals surface area contributed by atoms with Crippen molar-refractivity contribution in [2.75, 3.05) is 4.90 Å². The predicted molar refractivity (Wildman–Crippen MR) is 89.6 cm³/mol. The van der Waals surface area contributed by atoms with E-state index >= 15 is 0 Å². The minimum atomic E-state index is -1.24. The zero-order chi connectivity index (χ0) is 16.7. The number of hydrogen-bond donors (Lipinski definition) is 0. The number of rotatable bonds is 2. The molecule has 0 aliphatic carbocycles. The summed E-state index contributed by atoms with van der Waals surface area (Å²) in [7, 11) is 0. The van der Waals surface area contributed by atoms with E-state index in [0.29, 0.717) is 5.02 Å². The van der Waals surface area contributed by atoms with Gasteiger partial charge in [0.15, 0.2) is 0 Å². The van der Waals surface area contributed by atoms with Gasteiger partial charge in [0.25, 0.3) is 5.91 Å². The second-order valence-electron chi connectivity index (χ2n) is 4.67. The second kappa shape index (κ2) is 6.21. The minimum Gasteiger partial charge on any atom is -0.430 e. The number of carbonyl (C=O) groups is 2. The van der Waals surface area contributed by atoms with Gasteiger partial charge >= 0.3 is 6.09 Å². The Kier molecular flexibility index (Phi) is 4.43. The van der Waals surface area contributed by atoms with Crippen LogP contribution in [0.25, 0.3) is 0 Å². The number of hydrogen-bond acceptors (Lipinski definition) is 3. The molecule has 1 unspecified atom stereocenters. The molecule has 23 heavy (non-hydrogen) atoms. The fraction of sp³-hybridized carbons (Fsp3) is 0.0667. The Hall–Kier alpha value is -1.46. The van der Waals surface area contributed by atoms with Gasteiger partial charge in [0, 0.05) is 20.6 Å². The number of halogens is 4. The van der Waals surface area contributed by atoms with Gasteiger partial charge in [-0.25, -0.2) is 9.69 Å². The van der Waals surface area contributed by atoms with Crippen LogP contribution in [0.5, 0.6) is 0 Å². The van der Waals surface area contributed by atoms with E-state index in [1.165, 1.54) is 12.1 Å². The summed E-state index contributed by atoms with van der Waals surface area (Å²) >= 11 is 24.1. The highest BCUT2D eigenvalue weighted by atomic mass is 35.5. The average Bonchev–Trinajstić information content (AvgIpc) is 2.77. The van der Waals surface area contributed by atoms with Gasteiger partial charge in [0.05, 0.1) is 10.7 Å². The lowest BCUT2D eigenvalue weighted by atomic mass is 10.1. The molecular formula is C15H7Cl4NO3. The lowest BCUT2D eigenvalue weighted by Gasteiger charge is -2.14. The smallest absolute Gasteiger partial charge is 0.422 e. The van der Waals surface area contributed by atoms with Crippen molar-refractivity contribution in [2.45, 2.75) is 6.10 Å². The summed E-state index contributed by atoms with van der Waals surface area (Å²) in [6.07, 6.45) is -2.11. The number of imide groups is 1. The van der Waals surface area contributed by atoms with Gasteiger partial charge in [-0.1, -0.05) is 52.5 Å². The van der Waals surface area contributed by atoms with Crippen LogP contribution < -0.4 is 4.90 Å².